The van der Waals surface area contributed by atoms with E-state index in [4.69, 9.17) is 18.9 Å². The summed E-state index contributed by atoms with van der Waals surface area (Å²) in [5.41, 5.74) is 6.69. The molecular weight excluding hydrogens is 761 g/mol. The molecule has 14 nitrogen and oxygen atoms in total. The molecule has 4 bridgehead atoms. The third-order valence-electron chi connectivity index (χ3n) is 8.83. The van der Waals surface area contributed by atoms with Gasteiger partial charge in [0.15, 0.2) is 22.1 Å². The second-order valence-corrected chi connectivity index (χ2v) is 15.7. The molecule has 0 radical (unpaired) electrons. The van der Waals surface area contributed by atoms with Crippen LogP contribution in [0.4, 0.5) is 0 Å². The molecule has 0 N–H and O–H groups in total. The van der Waals surface area contributed by atoms with Crippen LogP contribution in [0.2, 0.25) is 0 Å². The van der Waals surface area contributed by atoms with Gasteiger partial charge in [-0.2, -0.15) is 0 Å². The third-order valence-corrected chi connectivity index (χ3v) is 10.5. The van der Waals surface area contributed by atoms with Crippen molar-refractivity contribution in [2.75, 3.05) is 52.9 Å². The van der Waals surface area contributed by atoms with Crippen molar-refractivity contribution in [3.8, 4) is 0 Å². The Morgan fingerprint density at radius 2 is 0.821 bits per heavy atom. The highest BCUT2D eigenvalue weighted by Gasteiger charge is 2.16. The molecule has 0 unspecified atom stereocenters. The number of hydrogen-bond acceptors (Lipinski definition) is 10. The van der Waals surface area contributed by atoms with Crippen LogP contribution < -0.4 is 9.13 Å². The lowest BCUT2D eigenvalue weighted by atomic mass is 10.2. The number of fused-ring (bicyclic) bond motifs is 10. The number of imidazole rings is 2. The van der Waals surface area contributed by atoms with Crippen LogP contribution in [-0.4, -0.2) is 87.9 Å². The summed E-state index contributed by atoms with van der Waals surface area (Å²) in [6.45, 7) is 11.8. The summed E-state index contributed by atoms with van der Waals surface area (Å²) in [6, 6.07) is 28.5. The van der Waals surface area contributed by atoms with Crippen molar-refractivity contribution in [1.82, 2.24) is 9.13 Å². The van der Waals surface area contributed by atoms with Crippen LogP contribution in [0, 0.1) is 13.8 Å². The number of benzene rings is 4. The molecule has 1 aliphatic rings. The van der Waals surface area contributed by atoms with E-state index in [9.17, 15) is 25.9 Å². The summed E-state index contributed by atoms with van der Waals surface area (Å²) in [5, 5.41) is 0. The van der Waals surface area contributed by atoms with Crippen molar-refractivity contribution in [1.29, 1.82) is 0 Å². The Balaban J connectivity index is 0.000000222. The van der Waals surface area contributed by atoms with E-state index in [1.807, 2.05) is 13.8 Å². The highest BCUT2D eigenvalue weighted by atomic mass is 32.2. The topological polar surface area (TPSA) is 169 Å². The van der Waals surface area contributed by atoms with Crippen LogP contribution >= 0.6 is 0 Å². The summed E-state index contributed by atoms with van der Waals surface area (Å²) in [4.78, 5) is -0.355. The maximum absolute atomic E-state index is 10.4. The van der Waals surface area contributed by atoms with Gasteiger partial charge in [-0.15, -0.1) is 0 Å². The standard InChI is InChI=1S/C26H34N4O4.2C7H8O3S/c1-2-6-24-23(5-1)27-9-13-31-17-18-33-15-11-29-22-30(26-8-4-3-7-25(26)29)12-16-34-20-19-32-14-10-28(24)21-27;2*1-6-2-4-7(5-3-6)11(8,9)10/h1-8,21-22H,9-20H2;2*2-5H,1H3,(H,8,9,10)/q+2;;/p-2. The Morgan fingerprint density at radius 1 is 0.482 bits per heavy atom. The smallest absolute Gasteiger partial charge is 0.244 e. The molecule has 0 amide bonds. The van der Waals surface area contributed by atoms with E-state index in [1.165, 1.54) is 46.3 Å². The first-order chi connectivity index (χ1) is 26.9. The molecular formula is C40H48N4O10S2. The predicted molar refractivity (Wildman–Crippen MR) is 206 cm³/mol. The number of para-hydroxylation sites is 4. The number of aromatic nitrogens is 4. The highest BCUT2D eigenvalue weighted by Crippen LogP contribution is 2.13. The van der Waals surface area contributed by atoms with E-state index in [2.05, 4.69) is 79.5 Å². The van der Waals surface area contributed by atoms with Gasteiger partial charge in [0.1, 0.15) is 46.4 Å². The van der Waals surface area contributed by atoms with Gasteiger partial charge < -0.3 is 28.1 Å². The van der Waals surface area contributed by atoms with Crippen LogP contribution in [0.5, 0.6) is 0 Å². The summed E-state index contributed by atoms with van der Waals surface area (Å²) in [5.74, 6) is 0. The number of hydrogen-bond donors (Lipinski definition) is 0. The minimum Gasteiger partial charge on any atom is -0.744 e. The van der Waals surface area contributed by atoms with Gasteiger partial charge in [0, 0.05) is 0 Å². The third kappa shape index (κ3) is 12.8. The van der Waals surface area contributed by atoms with Crippen LogP contribution in [0.25, 0.3) is 22.1 Å². The molecule has 16 heteroatoms. The van der Waals surface area contributed by atoms with E-state index in [1.54, 1.807) is 24.3 Å². The van der Waals surface area contributed by atoms with Gasteiger partial charge in [0.25, 0.3) is 0 Å². The minimum absolute atomic E-state index is 0.178. The van der Waals surface area contributed by atoms with Gasteiger partial charge in [-0.05, 0) is 62.4 Å². The maximum atomic E-state index is 10.4. The van der Waals surface area contributed by atoms with Gasteiger partial charge in [0.05, 0.1) is 62.6 Å². The largest absolute Gasteiger partial charge is 0.744 e. The average Bonchev–Trinajstić information content (AvgIpc) is 3.71. The molecule has 1 aliphatic heterocycles. The molecule has 0 aliphatic carbocycles. The molecule has 6 aromatic rings. The van der Waals surface area contributed by atoms with Crippen LogP contribution in [0.3, 0.4) is 0 Å². The van der Waals surface area contributed by atoms with Crippen LogP contribution in [0.1, 0.15) is 11.1 Å². The summed E-state index contributed by atoms with van der Waals surface area (Å²) in [7, 11) is -8.54. The molecule has 56 heavy (non-hydrogen) atoms. The van der Waals surface area contributed by atoms with E-state index in [-0.39, 0.29) is 9.79 Å². The van der Waals surface area contributed by atoms with Gasteiger partial charge >= 0.3 is 0 Å². The Bertz CT molecular complexity index is 2110. The monoisotopic (exact) mass is 808 g/mol. The zero-order valence-electron chi connectivity index (χ0n) is 31.6. The first-order valence-electron chi connectivity index (χ1n) is 18.2. The predicted octanol–water partition coefficient (Wildman–Crippen LogP) is 3.75. The van der Waals surface area contributed by atoms with Gasteiger partial charge in [-0.3, -0.25) is 0 Å². The number of aryl methyl sites for hydroxylation is 2. The summed E-state index contributed by atoms with van der Waals surface area (Å²) >= 11 is 0. The zero-order valence-corrected chi connectivity index (χ0v) is 33.2. The van der Waals surface area contributed by atoms with Gasteiger partial charge in [-0.25, -0.2) is 35.1 Å². The molecule has 0 fully saturated rings. The molecule has 0 saturated carbocycles. The second kappa shape index (κ2) is 20.6. The lowest BCUT2D eigenvalue weighted by Gasteiger charge is -2.05. The first kappa shape index (κ1) is 42.6. The fourth-order valence-corrected chi connectivity index (χ4v) is 6.84. The number of nitrogens with zero attached hydrogens (tertiary/aromatic N) is 4. The first-order valence-corrected chi connectivity index (χ1v) is 21.0. The van der Waals surface area contributed by atoms with Crippen molar-refractivity contribution < 1.29 is 54.0 Å². The molecule has 300 valence electrons. The molecule has 0 atom stereocenters. The fraction of sp³-hybridized carbons (Fsp3) is 0.350. The SMILES string of the molecule is Cc1ccc(S(=O)(=O)[O-])cc1.Cc1ccc(S(=O)(=O)[O-])cc1.c1ccc2c(c1)n1c[n+]2CCOCCOCCn2c[n+](c3ccccc32)CCOCCOCC1. The van der Waals surface area contributed by atoms with Crippen molar-refractivity contribution >= 4 is 42.3 Å². The number of ether oxygens (including phenoxy) is 4. The molecule has 0 spiro atoms. The van der Waals surface area contributed by atoms with E-state index < -0.39 is 20.2 Å². The van der Waals surface area contributed by atoms with Gasteiger partial charge in [-0.1, -0.05) is 59.7 Å². The highest BCUT2D eigenvalue weighted by molar-refractivity contribution is 7.86. The van der Waals surface area contributed by atoms with E-state index in [0.29, 0.717) is 52.9 Å². The molecule has 2 aromatic heterocycles. The Labute approximate surface area is 327 Å². The Hall–Kier alpha value is -4.52. The van der Waals surface area contributed by atoms with Crippen molar-refractivity contribution in [3.63, 3.8) is 0 Å². The molecule has 7 rings (SSSR count). The van der Waals surface area contributed by atoms with Crippen LogP contribution in [0.15, 0.2) is 120 Å². The summed E-state index contributed by atoms with van der Waals surface area (Å²) in [6.07, 6.45) is 4.31. The lowest BCUT2D eigenvalue weighted by Crippen LogP contribution is -2.35. The Morgan fingerprint density at radius 3 is 1.18 bits per heavy atom. The number of rotatable bonds is 2. The summed E-state index contributed by atoms with van der Waals surface area (Å²) < 4.78 is 94.7. The minimum atomic E-state index is -4.27. The average molecular weight is 809 g/mol. The zero-order chi connectivity index (χ0) is 40.0. The Kier molecular flexibility index (Phi) is 15.7. The second-order valence-electron chi connectivity index (χ2n) is 13.0. The lowest BCUT2D eigenvalue weighted by molar-refractivity contribution is -0.674. The van der Waals surface area contributed by atoms with Crippen LogP contribution in [-0.2, 0) is 65.4 Å². The van der Waals surface area contributed by atoms with E-state index >= 15 is 0 Å². The van der Waals surface area contributed by atoms with Crippen molar-refractivity contribution in [2.24, 2.45) is 0 Å². The fourth-order valence-electron chi connectivity index (χ4n) is 5.90. The normalized spacial score (nSPS) is 15.4. The maximum Gasteiger partial charge on any atom is 0.244 e. The molecule has 4 aromatic carbocycles. The van der Waals surface area contributed by atoms with Crippen molar-refractivity contribution in [3.05, 3.63) is 121 Å². The molecule has 0 saturated heterocycles. The van der Waals surface area contributed by atoms with E-state index in [0.717, 1.165) is 37.3 Å². The molecule has 3 heterocycles. The van der Waals surface area contributed by atoms with Crippen molar-refractivity contribution in [2.45, 2.75) is 49.8 Å². The quantitative estimate of drug-likeness (QED) is 0.186. The van der Waals surface area contributed by atoms with Gasteiger partial charge in [0.2, 0.25) is 12.7 Å².